The molecular formula is C25H35N2O6+. The van der Waals surface area contributed by atoms with Crippen molar-refractivity contribution in [1.82, 2.24) is 0 Å². The summed E-state index contributed by atoms with van der Waals surface area (Å²) < 4.78 is 17.7. The standard InChI is InChI=1S/C25H35N2O6/c1-25(2,3)23-15-22(31-4)9-10-24(23)33-18-21(28)17-27(11-13-32-14-12-27)16-19-5-7-20(8-6-19)26(29)30/h5-10,15,21,28H,11-14,16-18H2,1-4H3/q+1/t21-/m0/s1. The van der Waals surface area contributed by atoms with E-state index in [0.717, 1.165) is 35.7 Å². The topological polar surface area (TPSA) is 91.1 Å². The van der Waals surface area contributed by atoms with Crippen LogP contribution in [-0.2, 0) is 16.7 Å². The lowest BCUT2D eigenvalue weighted by molar-refractivity contribution is -0.950. The van der Waals surface area contributed by atoms with Gasteiger partial charge < -0.3 is 23.8 Å². The van der Waals surface area contributed by atoms with Crippen LogP contribution >= 0.6 is 0 Å². The van der Waals surface area contributed by atoms with E-state index in [9.17, 15) is 15.2 Å². The number of morpholine rings is 1. The Kier molecular flexibility index (Phi) is 7.94. The number of hydrogen-bond donors (Lipinski definition) is 1. The molecule has 0 aromatic heterocycles. The summed E-state index contributed by atoms with van der Waals surface area (Å²) >= 11 is 0. The third kappa shape index (κ3) is 6.66. The fraction of sp³-hybridized carbons (Fsp3) is 0.520. The molecule has 0 amide bonds. The van der Waals surface area contributed by atoms with E-state index in [2.05, 4.69) is 20.8 Å². The molecule has 1 fully saturated rings. The minimum absolute atomic E-state index is 0.0786. The Balaban J connectivity index is 1.70. The molecule has 0 radical (unpaired) electrons. The first-order valence-electron chi connectivity index (χ1n) is 11.3. The molecule has 2 aromatic carbocycles. The smallest absolute Gasteiger partial charge is 0.269 e. The van der Waals surface area contributed by atoms with Crippen molar-refractivity contribution in [2.24, 2.45) is 0 Å². The number of nitro benzene ring substituents is 1. The summed E-state index contributed by atoms with van der Waals surface area (Å²) in [5.74, 6) is 1.51. The van der Waals surface area contributed by atoms with Crippen LogP contribution in [0.15, 0.2) is 42.5 Å². The van der Waals surface area contributed by atoms with Crippen molar-refractivity contribution in [3.8, 4) is 11.5 Å². The van der Waals surface area contributed by atoms with Crippen molar-refractivity contribution >= 4 is 5.69 Å². The molecular weight excluding hydrogens is 424 g/mol. The van der Waals surface area contributed by atoms with Gasteiger partial charge in [-0.05, 0) is 35.7 Å². The molecule has 0 aliphatic carbocycles. The maximum atomic E-state index is 11.0. The molecule has 0 spiro atoms. The summed E-state index contributed by atoms with van der Waals surface area (Å²) in [4.78, 5) is 10.6. The van der Waals surface area contributed by atoms with E-state index < -0.39 is 11.0 Å². The minimum Gasteiger partial charge on any atom is -0.497 e. The van der Waals surface area contributed by atoms with E-state index in [1.54, 1.807) is 19.2 Å². The lowest BCUT2D eigenvalue weighted by Gasteiger charge is -2.42. The van der Waals surface area contributed by atoms with Crippen LogP contribution in [-0.4, -0.2) is 67.2 Å². The van der Waals surface area contributed by atoms with Crippen LogP contribution in [0.1, 0.15) is 31.9 Å². The number of methoxy groups -OCH3 is 1. The number of hydrogen-bond acceptors (Lipinski definition) is 6. The van der Waals surface area contributed by atoms with Gasteiger partial charge in [-0.2, -0.15) is 0 Å². The Morgan fingerprint density at radius 1 is 1.15 bits per heavy atom. The van der Waals surface area contributed by atoms with Gasteiger partial charge >= 0.3 is 0 Å². The number of non-ortho nitro benzene ring substituents is 1. The normalized spacial score (nSPS) is 16.8. The van der Waals surface area contributed by atoms with Gasteiger partial charge in [-0.1, -0.05) is 20.8 Å². The number of nitro groups is 1. The summed E-state index contributed by atoms with van der Waals surface area (Å²) in [7, 11) is 1.64. The summed E-state index contributed by atoms with van der Waals surface area (Å²) in [6, 6.07) is 12.4. The van der Waals surface area contributed by atoms with Crippen molar-refractivity contribution in [3.05, 3.63) is 63.7 Å². The Morgan fingerprint density at radius 3 is 2.39 bits per heavy atom. The Bertz CT molecular complexity index is 933. The second-order valence-electron chi connectivity index (χ2n) is 9.74. The second kappa shape index (κ2) is 10.5. The average Bonchev–Trinajstić information content (AvgIpc) is 2.78. The molecule has 1 saturated heterocycles. The first-order chi connectivity index (χ1) is 15.6. The van der Waals surface area contributed by atoms with Gasteiger partial charge in [0.2, 0.25) is 0 Å². The number of nitrogens with zero attached hydrogens (tertiary/aromatic N) is 2. The lowest BCUT2D eigenvalue weighted by Crippen LogP contribution is -2.58. The Morgan fingerprint density at radius 2 is 1.82 bits per heavy atom. The van der Waals surface area contributed by atoms with E-state index in [1.165, 1.54) is 12.1 Å². The molecule has 1 aliphatic heterocycles. The molecule has 8 heteroatoms. The Labute approximate surface area is 195 Å². The van der Waals surface area contributed by atoms with Crippen molar-refractivity contribution < 1.29 is 28.7 Å². The van der Waals surface area contributed by atoms with E-state index in [4.69, 9.17) is 14.2 Å². The molecule has 0 unspecified atom stereocenters. The molecule has 180 valence electrons. The highest BCUT2D eigenvalue weighted by Crippen LogP contribution is 2.34. The zero-order valence-electron chi connectivity index (χ0n) is 20.0. The van der Waals surface area contributed by atoms with Gasteiger partial charge in [0, 0.05) is 23.3 Å². The van der Waals surface area contributed by atoms with Gasteiger partial charge in [0.05, 0.1) is 25.2 Å². The maximum absolute atomic E-state index is 11.0. The number of aliphatic hydroxyl groups excluding tert-OH is 1. The molecule has 0 saturated carbocycles. The summed E-state index contributed by atoms with van der Waals surface area (Å²) in [5.41, 5.74) is 1.97. The molecule has 33 heavy (non-hydrogen) atoms. The lowest BCUT2D eigenvalue weighted by atomic mass is 9.86. The van der Waals surface area contributed by atoms with Crippen LogP contribution in [0.5, 0.6) is 11.5 Å². The van der Waals surface area contributed by atoms with Gasteiger partial charge in [0.25, 0.3) is 5.69 Å². The number of ether oxygens (including phenoxy) is 3. The van der Waals surface area contributed by atoms with Crippen molar-refractivity contribution in [2.45, 2.75) is 38.8 Å². The SMILES string of the molecule is COc1ccc(OC[C@@H](O)C[N+]2(Cc3ccc([N+](=O)[O-])cc3)CCOCC2)c(C(C)(C)C)c1. The zero-order valence-corrected chi connectivity index (χ0v) is 20.0. The quantitative estimate of drug-likeness (QED) is 0.349. The van der Waals surface area contributed by atoms with Gasteiger partial charge in [0.15, 0.2) is 0 Å². The van der Waals surface area contributed by atoms with E-state index in [1.807, 2.05) is 18.2 Å². The van der Waals surface area contributed by atoms with Crippen LogP contribution in [0.2, 0.25) is 0 Å². The van der Waals surface area contributed by atoms with Gasteiger partial charge in [-0.3, -0.25) is 10.1 Å². The van der Waals surface area contributed by atoms with Gasteiger partial charge in [-0.15, -0.1) is 0 Å². The average molecular weight is 460 g/mol. The zero-order chi connectivity index (χ0) is 24.1. The second-order valence-corrected chi connectivity index (χ2v) is 9.74. The maximum Gasteiger partial charge on any atom is 0.269 e. The minimum atomic E-state index is -0.670. The van der Waals surface area contributed by atoms with E-state index in [-0.39, 0.29) is 17.7 Å². The summed E-state index contributed by atoms with van der Waals surface area (Å²) in [5, 5.41) is 21.9. The number of aliphatic hydroxyl groups is 1. The number of quaternary nitrogens is 1. The van der Waals surface area contributed by atoms with Crippen LogP contribution in [0.3, 0.4) is 0 Å². The molecule has 2 aromatic rings. The van der Waals surface area contributed by atoms with Crippen LogP contribution in [0.25, 0.3) is 0 Å². The highest BCUT2D eigenvalue weighted by Gasteiger charge is 2.34. The molecule has 3 rings (SSSR count). The molecule has 1 atom stereocenters. The van der Waals surface area contributed by atoms with Crippen molar-refractivity contribution in [1.29, 1.82) is 0 Å². The third-order valence-electron chi connectivity index (χ3n) is 6.11. The first kappa shape index (κ1) is 25.0. The highest BCUT2D eigenvalue weighted by molar-refractivity contribution is 5.44. The fourth-order valence-electron chi connectivity index (χ4n) is 4.28. The highest BCUT2D eigenvalue weighted by atomic mass is 16.6. The fourth-order valence-corrected chi connectivity index (χ4v) is 4.28. The van der Waals surface area contributed by atoms with Crippen molar-refractivity contribution in [3.63, 3.8) is 0 Å². The van der Waals surface area contributed by atoms with Crippen LogP contribution < -0.4 is 9.47 Å². The van der Waals surface area contributed by atoms with E-state index in [0.29, 0.717) is 30.8 Å². The third-order valence-corrected chi connectivity index (χ3v) is 6.11. The summed E-state index contributed by atoms with van der Waals surface area (Å²) in [6.07, 6.45) is -0.670. The molecule has 0 bridgehead atoms. The monoisotopic (exact) mass is 459 g/mol. The number of rotatable bonds is 9. The van der Waals surface area contributed by atoms with Crippen LogP contribution in [0.4, 0.5) is 5.69 Å². The molecule has 8 nitrogen and oxygen atoms in total. The summed E-state index contributed by atoms with van der Waals surface area (Å²) in [6.45, 7) is 10.5. The van der Waals surface area contributed by atoms with Gasteiger partial charge in [-0.25, -0.2) is 0 Å². The van der Waals surface area contributed by atoms with E-state index >= 15 is 0 Å². The van der Waals surface area contributed by atoms with Gasteiger partial charge in [0.1, 0.15) is 50.4 Å². The molecule has 1 aliphatic rings. The largest absolute Gasteiger partial charge is 0.497 e. The predicted molar refractivity (Wildman–Crippen MR) is 126 cm³/mol. The molecule has 1 heterocycles. The van der Waals surface area contributed by atoms with Crippen molar-refractivity contribution in [2.75, 3.05) is 46.6 Å². The first-order valence-corrected chi connectivity index (χ1v) is 11.3. The molecule has 1 N–H and O–H groups in total. The number of benzene rings is 2. The van der Waals surface area contributed by atoms with Crippen LogP contribution in [0, 0.1) is 10.1 Å². The predicted octanol–water partition coefficient (Wildman–Crippen LogP) is 3.69. The Hall–Kier alpha value is -2.68.